The topological polar surface area (TPSA) is 76.6 Å². The molecule has 33 heavy (non-hydrogen) atoms. The van der Waals surface area contributed by atoms with Crippen molar-refractivity contribution in [3.63, 3.8) is 0 Å². The first-order valence-corrected chi connectivity index (χ1v) is 12.6. The van der Waals surface area contributed by atoms with E-state index in [0.717, 1.165) is 66.2 Å². The van der Waals surface area contributed by atoms with Crippen LogP contribution in [0.4, 0.5) is 16.6 Å². The third-order valence-corrected chi connectivity index (χ3v) is 7.36. The smallest absolute Gasteiger partial charge is 0.341 e. The van der Waals surface area contributed by atoms with E-state index in [9.17, 15) is 4.79 Å². The number of fused-ring (bicyclic) bond motifs is 2. The van der Waals surface area contributed by atoms with Gasteiger partial charge in [0.1, 0.15) is 5.00 Å². The van der Waals surface area contributed by atoms with Gasteiger partial charge < -0.3 is 19.7 Å². The number of hydrogen-bond acceptors (Lipinski definition) is 8. The highest BCUT2D eigenvalue weighted by atomic mass is 32.1. The molecule has 1 aliphatic carbocycles. The van der Waals surface area contributed by atoms with Gasteiger partial charge in [-0.25, -0.2) is 14.8 Å². The Morgan fingerprint density at radius 1 is 1.15 bits per heavy atom. The van der Waals surface area contributed by atoms with E-state index in [2.05, 4.69) is 24.1 Å². The van der Waals surface area contributed by atoms with Crippen LogP contribution in [-0.4, -0.2) is 47.8 Å². The lowest BCUT2D eigenvalue weighted by atomic mass is 9.95. The molecule has 8 heteroatoms. The molecule has 5 rings (SSSR count). The molecule has 0 bridgehead atoms. The Morgan fingerprint density at radius 2 is 1.85 bits per heavy atom. The van der Waals surface area contributed by atoms with Gasteiger partial charge in [-0.2, -0.15) is 0 Å². The number of esters is 1. The Hall–Kier alpha value is -2.71. The predicted octanol–water partition coefficient (Wildman–Crippen LogP) is 5.10. The van der Waals surface area contributed by atoms with Crippen molar-refractivity contribution in [3.05, 3.63) is 40.3 Å². The summed E-state index contributed by atoms with van der Waals surface area (Å²) in [7, 11) is 0. The maximum absolute atomic E-state index is 13.0. The molecule has 3 aromatic rings. The van der Waals surface area contributed by atoms with E-state index < -0.39 is 0 Å². The fourth-order valence-corrected chi connectivity index (χ4v) is 6.10. The molecule has 7 nitrogen and oxygen atoms in total. The Balaban J connectivity index is 1.60. The van der Waals surface area contributed by atoms with Crippen LogP contribution in [-0.2, 0) is 22.3 Å². The molecule has 0 radical (unpaired) electrons. The summed E-state index contributed by atoms with van der Waals surface area (Å²) >= 11 is 1.65. The number of rotatable bonds is 5. The zero-order valence-electron chi connectivity index (χ0n) is 19.4. The molecule has 2 aromatic heterocycles. The number of anilines is 3. The number of ether oxygens (including phenoxy) is 2. The normalized spacial score (nSPS) is 20.5. The van der Waals surface area contributed by atoms with Crippen molar-refractivity contribution in [3.8, 4) is 0 Å². The minimum Gasteiger partial charge on any atom is -0.462 e. The van der Waals surface area contributed by atoms with Crippen LogP contribution in [0.5, 0.6) is 0 Å². The summed E-state index contributed by atoms with van der Waals surface area (Å²) in [5.74, 6) is 1.19. The lowest BCUT2D eigenvalue weighted by Crippen LogP contribution is -2.46. The molecule has 0 unspecified atom stereocenters. The van der Waals surface area contributed by atoms with E-state index in [1.165, 1.54) is 4.88 Å². The van der Waals surface area contributed by atoms with Crippen LogP contribution in [0.3, 0.4) is 0 Å². The number of aromatic nitrogens is 2. The minimum atomic E-state index is -0.261. The van der Waals surface area contributed by atoms with Gasteiger partial charge in [0.15, 0.2) is 11.6 Å². The highest BCUT2D eigenvalue weighted by Gasteiger charge is 2.30. The summed E-state index contributed by atoms with van der Waals surface area (Å²) in [6.07, 6.45) is 4.36. The lowest BCUT2D eigenvalue weighted by Gasteiger charge is -2.36. The van der Waals surface area contributed by atoms with Crippen LogP contribution < -0.4 is 10.2 Å². The molecule has 1 aromatic carbocycles. The molecule has 3 heterocycles. The fourth-order valence-electron chi connectivity index (χ4n) is 4.83. The summed E-state index contributed by atoms with van der Waals surface area (Å²) < 4.78 is 11.4. The minimum absolute atomic E-state index is 0.0963. The van der Waals surface area contributed by atoms with Crippen LogP contribution in [0, 0.1) is 0 Å². The molecule has 1 saturated heterocycles. The van der Waals surface area contributed by atoms with Crippen LogP contribution in [0.2, 0.25) is 0 Å². The van der Waals surface area contributed by atoms with Crippen molar-refractivity contribution in [2.75, 3.05) is 29.9 Å². The van der Waals surface area contributed by atoms with Crippen molar-refractivity contribution in [1.82, 2.24) is 9.97 Å². The Morgan fingerprint density at radius 3 is 2.58 bits per heavy atom. The standard InChI is InChI=1S/C25H30N4O3S/c1-4-31-25(30)21-17-9-5-8-12-20(17)33-24(21)28-22-23(29-13-15(2)32-16(3)14-29)27-19-11-7-6-10-18(19)26-22/h6-7,10-11,15-16H,4-5,8-9,12-14H2,1-3H3,(H,26,28)/t15-,16-/m0/s1. The molecular weight excluding hydrogens is 436 g/mol. The molecule has 1 N–H and O–H groups in total. The fraction of sp³-hybridized carbons (Fsp3) is 0.480. The maximum atomic E-state index is 13.0. The average molecular weight is 467 g/mol. The zero-order chi connectivity index (χ0) is 22.9. The van der Waals surface area contributed by atoms with Crippen LogP contribution >= 0.6 is 11.3 Å². The molecule has 2 atom stereocenters. The van der Waals surface area contributed by atoms with Gasteiger partial charge in [-0.3, -0.25) is 0 Å². The third kappa shape index (κ3) is 4.42. The van der Waals surface area contributed by atoms with E-state index in [1.807, 2.05) is 31.2 Å². The first-order valence-electron chi connectivity index (χ1n) is 11.8. The van der Waals surface area contributed by atoms with E-state index in [0.29, 0.717) is 18.0 Å². The highest BCUT2D eigenvalue weighted by molar-refractivity contribution is 7.16. The second-order valence-electron chi connectivity index (χ2n) is 8.81. The van der Waals surface area contributed by atoms with Gasteiger partial charge in [-0.05, 0) is 64.2 Å². The van der Waals surface area contributed by atoms with Gasteiger partial charge in [0.25, 0.3) is 0 Å². The number of carbonyl (C=O) groups is 1. The number of morpholine rings is 1. The quantitative estimate of drug-likeness (QED) is 0.524. The number of benzene rings is 1. The molecule has 1 fully saturated rings. The first-order chi connectivity index (χ1) is 16.0. The van der Waals surface area contributed by atoms with Crippen molar-refractivity contribution in [1.29, 1.82) is 0 Å². The maximum Gasteiger partial charge on any atom is 0.341 e. The first kappa shape index (κ1) is 22.1. The monoisotopic (exact) mass is 466 g/mol. The summed E-state index contributed by atoms with van der Waals surface area (Å²) in [5.41, 5.74) is 3.47. The molecular formula is C25H30N4O3S. The second kappa shape index (κ2) is 9.27. The summed E-state index contributed by atoms with van der Waals surface area (Å²) in [6, 6.07) is 7.89. The highest BCUT2D eigenvalue weighted by Crippen LogP contribution is 2.41. The van der Waals surface area contributed by atoms with Gasteiger partial charge in [0.2, 0.25) is 0 Å². The van der Waals surface area contributed by atoms with Gasteiger partial charge in [0.05, 0.1) is 35.4 Å². The van der Waals surface area contributed by atoms with Crippen molar-refractivity contribution in [2.45, 2.75) is 58.7 Å². The van der Waals surface area contributed by atoms with E-state index in [4.69, 9.17) is 19.4 Å². The van der Waals surface area contributed by atoms with E-state index in [-0.39, 0.29) is 18.2 Å². The molecule has 0 spiro atoms. The molecule has 0 amide bonds. The van der Waals surface area contributed by atoms with Gasteiger partial charge in [-0.1, -0.05) is 12.1 Å². The van der Waals surface area contributed by atoms with Crippen LogP contribution in [0.15, 0.2) is 24.3 Å². The van der Waals surface area contributed by atoms with Crippen molar-refractivity contribution >= 4 is 45.0 Å². The Bertz CT molecular complexity index is 1170. The average Bonchev–Trinajstić information content (AvgIpc) is 3.16. The molecule has 1 aliphatic heterocycles. The summed E-state index contributed by atoms with van der Waals surface area (Å²) in [4.78, 5) is 26.4. The molecule has 174 valence electrons. The van der Waals surface area contributed by atoms with Gasteiger partial charge in [-0.15, -0.1) is 11.3 Å². The lowest BCUT2D eigenvalue weighted by molar-refractivity contribution is -0.00541. The van der Waals surface area contributed by atoms with Crippen LogP contribution in [0.25, 0.3) is 11.0 Å². The Labute approximate surface area is 198 Å². The van der Waals surface area contributed by atoms with E-state index in [1.54, 1.807) is 11.3 Å². The zero-order valence-corrected chi connectivity index (χ0v) is 20.2. The number of para-hydroxylation sites is 2. The Kier molecular flexibility index (Phi) is 6.21. The predicted molar refractivity (Wildman–Crippen MR) is 132 cm³/mol. The van der Waals surface area contributed by atoms with Gasteiger partial charge in [0, 0.05) is 18.0 Å². The number of nitrogens with zero attached hydrogens (tertiary/aromatic N) is 3. The molecule has 2 aliphatic rings. The third-order valence-electron chi connectivity index (χ3n) is 6.15. The summed E-state index contributed by atoms with van der Waals surface area (Å²) in [6.45, 7) is 7.83. The molecule has 0 saturated carbocycles. The number of carbonyl (C=O) groups excluding carboxylic acids is 1. The van der Waals surface area contributed by atoms with E-state index >= 15 is 0 Å². The second-order valence-corrected chi connectivity index (χ2v) is 9.91. The number of hydrogen-bond donors (Lipinski definition) is 1. The van der Waals surface area contributed by atoms with Crippen molar-refractivity contribution < 1.29 is 14.3 Å². The van der Waals surface area contributed by atoms with Crippen LogP contribution in [0.1, 0.15) is 54.4 Å². The van der Waals surface area contributed by atoms with Gasteiger partial charge >= 0.3 is 5.97 Å². The van der Waals surface area contributed by atoms with Crippen molar-refractivity contribution in [2.24, 2.45) is 0 Å². The largest absolute Gasteiger partial charge is 0.462 e. The SMILES string of the molecule is CCOC(=O)c1c(Nc2nc3ccccc3nc2N2C[C@H](C)O[C@@H](C)C2)sc2c1CCCC2. The number of aryl methyl sites for hydroxylation is 1. The number of nitrogens with one attached hydrogen (secondary N) is 1. The summed E-state index contributed by atoms with van der Waals surface area (Å²) in [5, 5.41) is 4.32. The number of thiophene rings is 1.